The van der Waals surface area contributed by atoms with Crippen LogP contribution in [0.5, 0.6) is 0 Å². The van der Waals surface area contributed by atoms with Crippen molar-refractivity contribution in [3.8, 4) is 11.8 Å². The van der Waals surface area contributed by atoms with Crippen LogP contribution in [0.2, 0.25) is 0 Å². The Morgan fingerprint density at radius 3 is 3.11 bits per heavy atom. The number of hydrogen-bond donors (Lipinski definition) is 0. The lowest BCUT2D eigenvalue weighted by Crippen LogP contribution is -2.02. The number of thiazole rings is 1. The predicted molar refractivity (Wildman–Crippen MR) is 70.2 cm³/mol. The molecule has 18 heavy (non-hydrogen) atoms. The van der Waals surface area contributed by atoms with E-state index < -0.39 is 6.67 Å². The zero-order valence-corrected chi connectivity index (χ0v) is 10.9. The molecule has 94 valence electrons. The molecule has 0 saturated carbocycles. The van der Waals surface area contributed by atoms with Gasteiger partial charge in [0.05, 0.1) is 5.71 Å². The van der Waals surface area contributed by atoms with E-state index in [4.69, 9.17) is 4.84 Å². The van der Waals surface area contributed by atoms with Crippen LogP contribution in [0.1, 0.15) is 30.0 Å². The summed E-state index contributed by atoms with van der Waals surface area (Å²) in [6, 6.07) is 0. The van der Waals surface area contributed by atoms with Crippen LogP contribution in [0.3, 0.4) is 0 Å². The zero-order chi connectivity index (χ0) is 12.8. The molecule has 0 saturated heterocycles. The fourth-order valence-corrected chi connectivity index (χ4v) is 2.24. The van der Waals surface area contributed by atoms with Gasteiger partial charge in [0.2, 0.25) is 0 Å². The highest BCUT2D eigenvalue weighted by Crippen LogP contribution is 2.16. The number of hydrogen-bond acceptors (Lipinski definition) is 4. The van der Waals surface area contributed by atoms with Gasteiger partial charge in [-0.3, -0.25) is 0 Å². The molecule has 5 heteroatoms. The van der Waals surface area contributed by atoms with E-state index in [2.05, 4.69) is 22.0 Å². The largest absolute Gasteiger partial charge is 0.399 e. The fraction of sp³-hybridized carbons (Fsp3) is 0.385. The summed E-state index contributed by atoms with van der Waals surface area (Å²) >= 11 is 1.29. The van der Waals surface area contributed by atoms with Crippen molar-refractivity contribution < 1.29 is 9.23 Å². The molecule has 1 aromatic rings. The summed E-state index contributed by atoms with van der Waals surface area (Å²) in [7, 11) is 1.54. The molecular weight excluding hydrogens is 251 g/mol. The van der Waals surface area contributed by atoms with Crippen molar-refractivity contribution in [3.05, 3.63) is 27.7 Å². The number of rotatable bonds is 2. The highest BCUT2D eigenvalue weighted by molar-refractivity contribution is 7.09. The van der Waals surface area contributed by atoms with Crippen LogP contribution < -0.4 is 0 Å². The molecule has 3 nitrogen and oxygen atoms in total. The molecule has 0 bridgehead atoms. The van der Waals surface area contributed by atoms with Gasteiger partial charge in [-0.2, -0.15) is 0 Å². The van der Waals surface area contributed by atoms with E-state index in [-0.39, 0.29) is 0 Å². The summed E-state index contributed by atoms with van der Waals surface area (Å²) in [5.74, 6) is 6.01. The Labute approximate surface area is 109 Å². The first-order valence-corrected chi connectivity index (χ1v) is 6.53. The molecule has 0 unspecified atom stereocenters. The lowest BCUT2D eigenvalue weighted by atomic mass is 9.98. The summed E-state index contributed by atoms with van der Waals surface area (Å²) in [5.41, 5.74) is 2.56. The van der Waals surface area contributed by atoms with Gasteiger partial charge in [0.1, 0.15) is 24.5 Å². The Balaban J connectivity index is 2.11. The second kappa shape index (κ2) is 6.31. The predicted octanol–water partition coefficient (Wildman–Crippen LogP) is 3.08. The van der Waals surface area contributed by atoms with Crippen LogP contribution in [-0.2, 0) is 11.5 Å². The quantitative estimate of drug-likeness (QED) is 0.607. The van der Waals surface area contributed by atoms with Crippen molar-refractivity contribution in [1.82, 2.24) is 4.98 Å². The molecule has 0 spiro atoms. The fourth-order valence-electron chi connectivity index (χ4n) is 1.67. The van der Waals surface area contributed by atoms with Gasteiger partial charge < -0.3 is 4.84 Å². The Morgan fingerprint density at radius 1 is 1.50 bits per heavy atom. The first-order chi connectivity index (χ1) is 8.81. The van der Waals surface area contributed by atoms with Gasteiger partial charge in [0, 0.05) is 11.0 Å². The molecule has 0 fully saturated rings. The van der Waals surface area contributed by atoms with Crippen LogP contribution in [0, 0.1) is 11.8 Å². The molecular formula is C13H13FN2OS. The summed E-state index contributed by atoms with van der Waals surface area (Å²) in [6.07, 6.45) is 4.83. The number of halogens is 1. The van der Waals surface area contributed by atoms with E-state index in [1.807, 2.05) is 6.08 Å². The molecule has 0 aromatic carbocycles. The third-order valence-corrected chi connectivity index (χ3v) is 3.26. The minimum atomic E-state index is -0.528. The molecule has 0 amide bonds. The van der Waals surface area contributed by atoms with Crippen molar-refractivity contribution >= 4 is 17.0 Å². The van der Waals surface area contributed by atoms with E-state index in [0.717, 1.165) is 30.5 Å². The Kier molecular flexibility index (Phi) is 4.48. The van der Waals surface area contributed by atoms with Crippen molar-refractivity contribution in [2.45, 2.75) is 25.9 Å². The first kappa shape index (κ1) is 12.8. The Hall–Kier alpha value is -1.67. The van der Waals surface area contributed by atoms with Gasteiger partial charge in [-0.25, -0.2) is 9.37 Å². The molecule has 0 N–H and O–H groups in total. The van der Waals surface area contributed by atoms with Gasteiger partial charge in [0.25, 0.3) is 0 Å². The van der Waals surface area contributed by atoms with E-state index in [9.17, 15) is 4.39 Å². The van der Waals surface area contributed by atoms with Gasteiger partial charge >= 0.3 is 0 Å². The van der Waals surface area contributed by atoms with E-state index >= 15 is 0 Å². The van der Waals surface area contributed by atoms with Crippen molar-refractivity contribution in [2.75, 3.05) is 7.11 Å². The molecule has 1 aliphatic rings. The smallest absolute Gasteiger partial charge is 0.141 e. The van der Waals surface area contributed by atoms with E-state index in [0.29, 0.717) is 10.7 Å². The second-order valence-corrected chi connectivity index (χ2v) is 4.74. The normalized spacial score (nSPS) is 17.0. The monoisotopic (exact) mass is 264 g/mol. The second-order valence-electron chi connectivity index (χ2n) is 3.80. The summed E-state index contributed by atoms with van der Waals surface area (Å²) in [5, 5.41) is 6.16. The van der Waals surface area contributed by atoms with Crippen LogP contribution in [0.4, 0.5) is 4.39 Å². The summed E-state index contributed by atoms with van der Waals surface area (Å²) in [4.78, 5) is 8.81. The molecule has 1 aromatic heterocycles. The third kappa shape index (κ3) is 3.41. The van der Waals surface area contributed by atoms with Crippen LogP contribution in [0.15, 0.2) is 22.2 Å². The van der Waals surface area contributed by atoms with Gasteiger partial charge in [-0.15, -0.1) is 11.3 Å². The number of nitrogens with zero attached hydrogens (tertiary/aromatic N) is 2. The highest BCUT2D eigenvalue weighted by Gasteiger charge is 2.07. The molecule has 2 rings (SSSR count). The average molecular weight is 264 g/mol. The van der Waals surface area contributed by atoms with Crippen LogP contribution >= 0.6 is 11.3 Å². The maximum absolute atomic E-state index is 12.3. The molecule has 0 aliphatic heterocycles. The van der Waals surface area contributed by atoms with Crippen molar-refractivity contribution in [3.63, 3.8) is 0 Å². The lowest BCUT2D eigenvalue weighted by Gasteiger charge is -2.08. The molecule has 0 radical (unpaired) electrons. The summed E-state index contributed by atoms with van der Waals surface area (Å²) in [6.45, 7) is -0.528. The number of aromatic nitrogens is 1. The van der Waals surface area contributed by atoms with Crippen molar-refractivity contribution in [2.24, 2.45) is 5.16 Å². The van der Waals surface area contributed by atoms with Gasteiger partial charge in [-0.05, 0) is 31.3 Å². The molecule has 1 aliphatic carbocycles. The first-order valence-electron chi connectivity index (χ1n) is 5.65. The third-order valence-electron chi connectivity index (χ3n) is 2.45. The summed E-state index contributed by atoms with van der Waals surface area (Å²) < 4.78 is 12.3. The SMILES string of the molecule is CO/N=C1/C=C(C#Cc2csc(CF)n2)CCC1. The van der Waals surface area contributed by atoms with Gasteiger partial charge in [-0.1, -0.05) is 11.1 Å². The molecule has 0 atom stereocenters. The Bertz CT molecular complexity index is 537. The van der Waals surface area contributed by atoms with E-state index in [1.54, 1.807) is 5.38 Å². The van der Waals surface area contributed by atoms with E-state index in [1.165, 1.54) is 18.4 Å². The maximum atomic E-state index is 12.3. The molecule has 1 heterocycles. The van der Waals surface area contributed by atoms with Crippen molar-refractivity contribution in [1.29, 1.82) is 0 Å². The number of allylic oxidation sites excluding steroid dienone is 2. The minimum absolute atomic E-state index is 0.471. The Morgan fingerprint density at radius 2 is 2.39 bits per heavy atom. The van der Waals surface area contributed by atoms with Crippen LogP contribution in [0.25, 0.3) is 0 Å². The lowest BCUT2D eigenvalue weighted by molar-refractivity contribution is 0.213. The average Bonchev–Trinajstić information content (AvgIpc) is 2.85. The standard InChI is InChI=1S/C13H13FN2OS/c1-17-16-11-4-2-3-10(7-11)5-6-12-9-18-13(8-14)15-12/h7,9H,2-4,8H2,1H3/b16-11+. The minimum Gasteiger partial charge on any atom is -0.399 e. The number of oxime groups is 1. The van der Waals surface area contributed by atoms with Gasteiger partial charge in [0.15, 0.2) is 0 Å². The van der Waals surface area contributed by atoms with Crippen LogP contribution in [-0.4, -0.2) is 17.8 Å². The number of alkyl halides is 1. The maximum Gasteiger partial charge on any atom is 0.141 e. The zero-order valence-electron chi connectivity index (χ0n) is 10.1. The highest BCUT2D eigenvalue weighted by atomic mass is 32.1. The topological polar surface area (TPSA) is 34.5 Å².